The molecule has 0 spiro atoms. The van der Waals surface area contributed by atoms with Crippen molar-refractivity contribution >= 4 is 5.96 Å². The van der Waals surface area contributed by atoms with Crippen LogP contribution in [-0.2, 0) is 13.0 Å². The van der Waals surface area contributed by atoms with Crippen molar-refractivity contribution in [1.29, 1.82) is 0 Å². The third-order valence-corrected chi connectivity index (χ3v) is 4.70. The van der Waals surface area contributed by atoms with Crippen molar-refractivity contribution in [1.82, 2.24) is 14.9 Å². The Balaban J connectivity index is 1.54. The molecule has 0 atom stereocenters. The fourth-order valence-corrected chi connectivity index (χ4v) is 3.08. The number of halogens is 1. The van der Waals surface area contributed by atoms with Gasteiger partial charge in [-0.25, -0.2) is 14.4 Å². The lowest BCUT2D eigenvalue weighted by Crippen LogP contribution is -2.33. The zero-order valence-corrected chi connectivity index (χ0v) is 17.4. The highest BCUT2D eigenvalue weighted by atomic mass is 19.1. The molecule has 0 saturated carbocycles. The summed E-state index contributed by atoms with van der Waals surface area (Å²) in [6, 6.07) is 10.8. The molecule has 0 fully saturated rings. The molecule has 0 aliphatic carbocycles. The first-order valence-corrected chi connectivity index (χ1v) is 9.55. The van der Waals surface area contributed by atoms with Crippen LogP contribution in [0.4, 0.5) is 4.39 Å². The number of aliphatic imine (C=N–C) groups is 1. The summed E-state index contributed by atoms with van der Waals surface area (Å²) >= 11 is 0. The second-order valence-electron chi connectivity index (χ2n) is 6.70. The molecule has 1 heterocycles. The quantitative estimate of drug-likeness (QED) is 0.440. The lowest BCUT2D eigenvalue weighted by Gasteiger charge is -2.10. The second-order valence-corrected chi connectivity index (χ2v) is 6.70. The van der Waals surface area contributed by atoms with Crippen molar-refractivity contribution < 1.29 is 13.9 Å². The van der Waals surface area contributed by atoms with E-state index in [1.807, 2.05) is 31.2 Å². The fourth-order valence-electron chi connectivity index (χ4n) is 3.08. The average Bonchev–Trinajstić information content (AvgIpc) is 3.17. The van der Waals surface area contributed by atoms with Gasteiger partial charge in [0.2, 0.25) is 0 Å². The molecule has 0 bridgehead atoms. The summed E-state index contributed by atoms with van der Waals surface area (Å²) < 4.78 is 26.7. The molecule has 0 amide bonds. The Bertz CT molecular complexity index is 1030. The average molecular weight is 411 g/mol. The molecule has 0 saturated heterocycles. The van der Waals surface area contributed by atoms with E-state index in [1.165, 1.54) is 6.07 Å². The highest BCUT2D eigenvalue weighted by Gasteiger charge is 2.08. The Labute approximate surface area is 175 Å². The molecule has 0 radical (unpaired) electrons. The van der Waals surface area contributed by atoms with Crippen molar-refractivity contribution in [3.05, 3.63) is 71.6 Å². The minimum Gasteiger partial charge on any atom is -0.493 e. The molecule has 1 aromatic heterocycles. The third kappa shape index (κ3) is 5.08. The SMILES string of the molecule is COc1ccc(CCNC(N)=NCc2ccc(-n3ccnc3C)c(F)c2)cc1OC. The fraction of sp³-hybridized carbons (Fsp3) is 0.273. The van der Waals surface area contributed by atoms with Gasteiger partial charge in [-0.15, -0.1) is 0 Å². The van der Waals surface area contributed by atoms with Gasteiger partial charge in [-0.05, 0) is 48.7 Å². The van der Waals surface area contributed by atoms with E-state index in [2.05, 4.69) is 15.3 Å². The Hall–Kier alpha value is -3.55. The Morgan fingerprint density at radius 3 is 2.57 bits per heavy atom. The number of nitrogens with zero attached hydrogens (tertiary/aromatic N) is 3. The summed E-state index contributed by atoms with van der Waals surface area (Å²) in [5.74, 6) is 2.08. The van der Waals surface area contributed by atoms with E-state index in [1.54, 1.807) is 37.2 Å². The third-order valence-electron chi connectivity index (χ3n) is 4.70. The van der Waals surface area contributed by atoms with Crippen LogP contribution in [0.5, 0.6) is 11.5 Å². The van der Waals surface area contributed by atoms with Gasteiger partial charge in [0.1, 0.15) is 11.6 Å². The van der Waals surface area contributed by atoms with Crippen LogP contribution >= 0.6 is 0 Å². The van der Waals surface area contributed by atoms with E-state index in [0.717, 1.165) is 23.4 Å². The zero-order chi connectivity index (χ0) is 21.5. The molecule has 0 aliphatic rings. The van der Waals surface area contributed by atoms with Crippen molar-refractivity contribution in [2.24, 2.45) is 10.7 Å². The number of aromatic nitrogens is 2. The van der Waals surface area contributed by atoms with E-state index in [0.29, 0.717) is 29.7 Å². The van der Waals surface area contributed by atoms with Gasteiger partial charge in [0.15, 0.2) is 17.5 Å². The van der Waals surface area contributed by atoms with E-state index < -0.39 is 0 Å². The van der Waals surface area contributed by atoms with Crippen LogP contribution in [0, 0.1) is 12.7 Å². The number of aryl methyl sites for hydroxylation is 1. The number of guanidine groups is 1. The van der Waals surface area contributed by atoms with Gasteiger partial charge >= 0.3 is 0 Å². The van der Waals surface area contributed by atoms with Gasteiger partial charge in [0.05, 0.1) is 26.5 Å². The van der Waals surface area contributed by atoms with Gasteiger partial charge in [-0.3, -0.25) is 0 Å². The summed E-state index contributed by atoms with van der Waals surface area (Å²) in [4.78, 5) is 8.41. The molecule has 0 unspecified atom stereocenters. The summed E-state index contributed by atoms with van der Waals surface area (Å²) in [5, 5.41) is 3.07. The van der Waals surface area contributed by atoms with Crippen LogP contribution in [0.1, 0.15) is 17.0 Å². The minimum atomic E-state index is -0.330. The van der Waals surface area contributed by atoms with Crippen molar-refractivity contribution in [3.63, 3.8) is 0 Å². The highest BCUT2D eigenvalue weighted by molar-refractivity contribution is 5.77. The summed E-state index contributed by atoms with van der Waals surface area (Å²) in [7, 11) is 3.21. The maximum Gasteiger partial charge on any atom is 0.188 e. The first-order valence-electron chi connectivity index (χ1n) is 9.55. The summed E-state index contributed by atoms with van der Waals surface area (Å²) in [6.07, 6.45) is 4.11. The smallest absolute Gasteiger partial charge is 0.188 e. The van der Waals surface area contributed by atoms with Gasteiger partial charge in [-0.1, -0.05) is 12.1 Å². The topological polar surface area (TPSA) is 86.7 Å². The molecular formula is C22H26FN5O2. The summed E-state index contributed by atoms with van der Waals surface area (Å²) in [5.41, 5.74) is 8.22. The largest absolute Gasteiger partial charge is 0.493 e. The van der Waals surface area contributed by atoms with Gasteiger partial charge in [-0.2, -0.15) is 0 Å². The molecule has 30 heavy (non-hydrogen) atoms. The molecule has 2 aromatic carbocycles. The van der Waals surface area contributed by atoms with E-state index in [4.69, 9.17) is 15.2 Å². The van der Waals surface area contributed by atoms with Crippen LogP contribution in [-0.4, -0.2) is 36.3 Å². The molecule has 3 N–H and O–H groups in total. The lowest BCUT2D eigenvalue weighted by atomic mass is 10.1. The molecule has 3 rings (SSSR count). The maximum atomic E-state index is 14.5. The Morgan fingerprint density at radius 2 is 1.90 bits per heavy atom. The number of benzene rings is 2. The highest BCUT2D eigenvalue weighted by Crippen LogP contribution is 2.27. The predicted octanol–water partition coefficient (Wildman–Crippen LogP) is 2.98. The molecule has 158 valence electrons. The number of rotatable bonds is 8. The minimum absolute atomic E-state index is 0.287. The van der Waals surface area contributed by atoms with Crippen LogP contribution in [0.15, 0.2) is 53.8 Å². The predicted molar refractivity (Wildman–Crippen MR) is 115 cm³/mol. The molecular weight excluding hydrogens is 385 g/mol. The normalized spacial score (nSPS) is 11.4. The number of hydrogen-bond acceptors (Lipinski definition) is 4. The molecule has 0 aliphatic heterocycles. The number of nitrogens with one attached hydrogen (secondary N) is 1. The second kappa shape index (κ2) is 9.78. The first-order chi connectivity index (χ1) is 14.5. The maximum absolute atomic E-state index is 14.5. The molecule has 7 nitrogen and oxygen atoms in total. The van der Waals surface area contributed by atoms with Gasteiger partial charge in [0, 0.05) is 18.9 Å². The number of ether oxygens (including phenoxy) is 2. The molecule has 8 heteroatoms. The standard InChI is InChI=1S/C22H26FN5O2/c1-15-25-10-11-28(15)19-6-4-17(12-18(19)23)14-27-22(24)26-9-8-16-5-7-20(29-2)21(13-16)30-3/h4-7,10-13H,8-9,14H2,1-3H3,(H3,24,26,27). The van der Waals surface area contributed by atoms with Crippen LogP contribution < -0.4 is 20.5 Å². The van der Waals surface area contributed by atoms with E-state index >= 15 is 0 Å². The zero-order valence-electron chi connectivity index (χ0n) is 17.4. The van der Waals surface area contributed by atoms with E-state index in [-0.39, 0.29) is 12.4 Å². The number of nitrogens with two attached hydrogens (primary N) is 1. The number of hydrogen-bond donors (Lipinski definition) is 2. The Kier molecular flexibility index (Phi) is 6.90. The van der Waals surface area contributed by atoms with Crippen molar-refractivity contribution in [3.8, 4) is 17.2 Å². The Morgan fingerprint density at radius 1 is 1.13 bits per heavy atom. The van der Waals surface area contributed by atoms with Crippen LogP contribution in [0.3, 0.4) is 0 Å². The molecule has 3 aromatic rings. The first kappa shape index (κ1) is 21.2. The summed E-state index contributed by atoms with van der Waals surface area (Å²) in [6.45, 7) is 2.72. The van der Waals surface area contributed by atoms with E-state index in [9.17, 15) is 4.39 Å². The van der Waals surface area contributed by atoms with Crippen molar-refractivity contribution in [2.45, 2.75) is 19.9 Å². The monoisotopic (exact) mass is 411 g/mol. The van der Waals surface area contributed by atoms with Crippen LogP contribution in [0.25, 0.3) is 5.69 Å². The van der Waals surface area contributed by atoms with Gasteiger partial charge < -0.3 is 25.1 Å². The lowest BCUT2D eigenvalue weighted by molar-refractivity contribution is 0.354. The van der Waals surface area contributed by atoms with Crippen LogP contribution in [0.2, 0.25) is 0 Å². The number of methoxy groups -OCH3 is 2. The van der Waals surface area contributed by atoms with Gasteiger partial charge in [0.25, 0.3) is 0 Å². The number of imidazole rings is 1. The van der Waals surface area contributed by atoms with Crippen molar-refractivity contribution in [2.75, 3.05) is 20.8 Å².